The molecule has 0 saturated heterocycles. The summed E-state index contributed by atoms with van der Waals surface area (Å²) in [5.41, 5.74) is 4.14. The molecule has 1 aromatic carbocycles. The van der Waals surface area contributed by atoms with Crippen molar-refractivity contribution in [1.29, 1.82) is 5.26 Å². The number of carbonyl (C=O) groups is 1. The van der Waals surface area contributed by atoms with Crippen LogP contribution in [0.1, 0.15) is 43.9 Å². The molecule has 2 aliphatic carbocycles. The third-order valence-corrected chi connectivity index (χ3v) is 5.92. The molecule has 0 bridgehead atoms. The highest BCUT2D eigenvalue weighted by molar-refractivity contribution is 5.85. The van der Waals surface area contributed by atoms with Crippen molar-refractivity contribution in [3.8, 4) is 17.4 Å². The van der Waals surface area contributed by atoms with Crippen LogP contribution in [0.15, 0.2) is 45.9 Å². The highest BCUT2D eigenvalue weighted by atomic mass is 16.3. The number of hydrogen-bond donors (Lipinski definition) is 1. The number of benzene rings is 1. The molecule has 132 valence electrons. The lowest BCUT2D eigenvalue weighted by molar-refractivity contribution is -0.123. The number of fused-ring (bicyclic) bond motifs is 1. The molecule has 0 spiro atoms. The zero-order chi connectivity index (χ0) is 18.1. The van der Waals surface area contributed by atoms with Crippen LogP contribution in [-0.4, -0.2) is 12.1 Å². The van der Waals surface area contributed by atoms with Gasteiger partial charge in [-0.1, -0.05) is 31.9 Å². The minimum Gasteiger partial charge on any atom is -0.455 e. The third kappa shape index (κ3) is 2.82. The second kappa shape index (κ2) is 6.45. The Bertz CT molecular complexity index is 908. The van der Waals surface area contributed by atoms with Gasteiger partial charge in [-0.25, -0.2) is 5.43 Å². The number of carbonyl (C=O) groups excluding carboxylic acids is 1. The summed E-state index contributed by atoms with van der Waals surface area (Å²) in [6, 6.07) is 13.0. The lowest BCUT2D eigenvalue weighted by Crippen LogP contribution is -2.22. The SMILES string of the molecule is C[C@]12CCCC[C@H]1[C@@H]2C(=O)N/N=C\c1ccc(-c2ccccc2C#N)o1. The molecule has 1 heterocycles. The van der Waals surface area contributed by atoms with Crippen molar-refractivity contribution in [2.75, 3.05) is 0 Å². The second-order valence-corrected chi connectivity index (χ2v) is 7.43. The van der Waals surface area contributed by atoms with Crippen molar-refractivity contribution in [1.82, 2.24) is 5.43 Å². The van der Waals surface area contributed by atoms with Crippen molar-refractivity contribution in [3.05, 3.63) is 47.7 Å². The molecule has 1 N–H and O–H groups in total. The Morgan fingerprint density at radius 2 is 2.19 bits per heavy atom. The molecule has 3 atom stereocenters. The summed E-state index contributed by atoms with van der Waals surface area (Å²) in [4.78, 5) is 12.4. The van der Waals surface area contributed by atoms with Gasteiger partial charge in [0.1, 0.15) is 11.5 Å². The Kier molecular flexibility index (Phi) is 4.12. The Morgan fingerprint density at radius 1 is 1.35 bits per heavy atom. The van der Waals surface area contributed by atoms with Gasteiger partial charge in [0, 0.05) is 11.5 Å². The van der Waals surface area contributed by atoms with Gasteiger partial charge < -0.3 is 4.42 Å². The van der Waals surface area contributed by atoms with Gasteiger partial charge in [0.25, 0.3) is 0 Å². The quantitative estimate of drug-likeness (QED) is 0.668. The smallest absolute Gasteiger partial charge is 0.244 e. The molecule has 0 radical (unpaired) electrons. The van der Waals surface area contributed by atoms with Crippen molar-refractivity contribution in [3.63, 3.8) is 0 Å². The first-order valence-corrected chi connectivity index (χ1v) is 9.06. The largest absolute Gasteiger partial charge is 0.455 e. The zero-order valence-corrected chi connectivity index (χ0v) is 14.7. The summed E-state index contributed by atoms with van der Waals surface area (Å²) in [6.45, 7) is 2.22. The number of hydrogen-bond acceptors (Lipinski definition) is 4. The molecule has 2 aliphatic rings. The molecule has 2 saturated carbocycles. The van der Waals surface area contributed by atoms with Crippen LogP contribution in [0, 0.1) is 28.6 Å². The molecule has 5 nitrogen and oxygen atoms in total. The number of nitrogens with one attached hydrogen (secondary N) is 1. The normalized spacial score (nSPS) is 26.9. The topological polar surface area (TPSA) is 78.4 Å². The van der Waals surface area contributed by atoms with Gasteiger partial charge in [-0.2, -0.15) is 10.4 Å². The van der Waals surface area contributed by atoms with Gasteiger partial charge in [-0.3, -0.25) is 4.79 Å². The van der Waals surface area contributed by atoms with E-state index in [1.54, 1.807) is 18.2 Å². The van der Waals surface area contributed by atoms with E-state index in [4.69, 9.17) is 4.42 Å². The van der Waals surface area contributed by atoms with E-state index in [0.717, 1.165) is 18.4 Å². The summed E-state index contributed by atoms with van der Waals surface area (Å²) < 4.78 is 5.73. The molecule has 4 rings (SSSR count). The van der Waals surface area contributed by atoms with E-state index in [0.29, 0.717) is 23.0 Å². The third-order valence-electron chi connectivity index (χ3n) is 5.92. The standard InChI is InChI=1S/C21H21N3O2/c1-21-11-5-4-8-17(21)19(21)20(25)24-23-13-15-9-10-18(26-15)16-7-3-2-6-14(16)12-22/h2-3,6-7,9-10,13,17,19H,4-5,8,11H2,1H3,(H,24,25)/b23-13-/t17-,19+,21-/m0/s1. The fraction of sp³-hybridized carbons (Fsp3) is 0.381. The average molecular weight is 347 g/mol. The van der Waals surface area contributed by atoms with Crippen LogP contribution in [0.5, 0.6) is 0 Å². The van der Waals surface area contributed by atoms with Gasteiger partial charge in [-0.15, -0.1) is 0 Å². The number of nitrogens with zero attached hydrogens (tertiary/aromatic N) is 2. The monoisotopic (exact) mass is 347 g/mol. The average Bonchev–Trinajstić information content (AvgIpc) is 3.03. The Balaban J connectivity index is 1.40. The van der Waals surface area contributed by atoms with Gasteiger partial charge >= 0.3 is 0 Å². The van der Waals surface area contributed by atoms with E-state index in [2.05, 4.69) is 23.5 Å². The molecule has 2 fully saturated rings. The van der Waals surface area contributed by atoms with Crippen LogP contribution in [0.2, 0.25) is 0 Å². The number of amides is 1. The summed E-state index contributed by atoms with van der Waals surface area (Å²) in [5.74, 6) is 1.77. The van der Waals surface area contributed by atoms with Crippen LogP contribution in [0.3, 0.4) is 0 Å². The molecule has 0 unspecified atom stereocenters. The molecular weight excluding hydrogens is 326 g/mol. The predicted molar refractivity (Wildman–Crippen MR) is 98.2 cm³/mol. The second-order valence-electron chi connectivity index (χ2n) is 7.43. The first-order valence-electron chi connectivity index (χ1n) is 9.06. The van der Waals surface area contributed by atoms with Crippen LogP contribution in [-0.2, 0) is 4.79 Å². The van der Waals surface area contributed by atoms with Crippen LogP contribution in [0.4, 0.5) is 0 Å². The Morgan fingerprint density at radius 3 is 2.96 bits per heavy atom. The minimum absolute atomic E-state index is 0.0113. The lowest BCUT2D eigenvalue weighted by atomic mass is 9.90. The molecule has 1 aromatic heterocycles. The maximum Gasteiger partial charge on any atom is 0.244 e. The van der Waals surface area contributed by atoms with Crippen molar-refractivity contribution >= 4 is 12.1 Å². The molecule has 5 heteroatoms. The van der Waals surface area contributed by atoms with Gasteiger partial charge in [0.15, 0.2) is 0 Å². The number of furan rings is 1. The molecule has 26 heavy (non-hydrogen) atoms. The van der Waals surface area contributed by atoms with Crippen molar-refractivity contribution in [2.45, 2.75) is 32.6 Å². The van der Waals surface area contributed by atoms with E-state index in [1.807, 2.05) is 18.2 Å². The Labute approximate surface area is 152 Å². The summed E-state index contributed by atoms with van der Waals surface area (Å²) in [5, 5.41) is 13.2. The van der Waals surface area contributed by atoms with Gasteiger partial charge in [0.05, 0.1) is 17.8 Å². The van der Waals surface area contributed by atoms with Crippen molar-refractivity contribution < 1.29 is 9.21 Å². The number of rotatable bonds is 4. The fourth-order valence-corrected chi connectivity index (χ4v) is 4.44. The first kappa shape index (κ1) is 16.6. The molecule has 1 amide bonds. The molecule has 2 aromatic rings. The van der Waals surface area contributed by atoms with Crippen LogP contribution >= 0.6 is 0 Å². The maximum absolute atomic E-state index is 12.4. The van der Waals surface area contributed by atoms with E-state index in [1.165, 1.54) is 19.1 Å². The van der Waals surface area contributed by atoms with Crippen LogP contribution in [0.25, 0.3) is 11.3 Å². The predicted octanol–water partition coefficient (Wildman–Crippen LogP) is 4.09. The Hall–Kier alpha value is -2.87. The van der Waals surface area contributed by atoms with E-state index in [-0.39, 0.29) is 17.2 Å². The zero-order valence-electron chi connectivity index (χ0n) is 14.7. The summed E-state index contributed by atoms with van der Waals surface area (Å²) >= 11 is 0. The summed E-state index contributed by atoms with van der Waals surface area (Å²) in [7, 11) is 0. The summed E-state index contributed by atoms with van der Waals surface area (Å²) in [6.07, 6.45) is 6.24. The number of nitriles is 1. The minimum atomic E-state index is 0.0113. The number of hydrazone groups is 1. The first-order chi connectivity index (χ1) is 12.6. The maximum atomic E-state index is 12.4. The van der Waals surface area contributed by atoms with E-state index in [9.17, 15) is 10.1 Å². The van der Waals surface area contributed by atoms with Crippen LogP contribution < -0.4 is 5.43 Å². The van der Waals surface area contributed by atoms with Crippen molar-refractivity contribution in [2.24, 2.45) is 22.4 Å². The van der Waals surface area contributed by atoms with Gasteiger partial charge in [-0.05, 0) is 48.4 Å². The fourth-order valence-electron chi connectivity index (χ4n) is 4.44. The van der Waals surface area contributed by atoms with E-state index >= 15 is 0 Å². The highest BCUT2D eigenvalue weighted by Crippen LogP contribution is 2.66. The molecular formula is C21H21N3O2. The molecule has 0 aliphatic heterocycles. The lowest BCUT2D eigenvalue weighted by Gasteiger charge is -2.15. The van der Waals surface area contributed by atoms with Gasteiger partial charge in [0.2, 0.25) is 5.91 Å². The van der Waals surface area contributed by atoms with E-state index < -0.39 is 0 Å². The highest BCUT2D eigenvalue weighted by Gasteiger charge is 2.64.